The minimum Gasteiger partial charge on any atom is -0.378 e. The van der Waals surface area contributed by atoms with Crippen molar-refractivity contribution in [3.63, 3.8) is 0 Å². The first kappa shape index (κ1) is 17.9. The maximum atomic E-state index is 14.0. The summed E-state index contributed by atoms with van der Waals surface area (Å²) in [7, 11) is 0. The summed E-state index contributed by atoms with van der Waals surface area (Å²) in [6.45, 7) is 5.69. The van der Waals surface area contributed by atoms with Crippen LogP contribution < -0.4 is 10.2 Å². The quantitative estimate of drug-likeness (QED) is 0.877. The average Bonchev–Trinajstić information content (AvgIpc) is 2.63. The molecule has 0 saturated carbocycles. The van der Waals surface area contributed by atoms with Crippen LogP contribution in [0, 0.1) is 23.1 Å². The summed E-state index contributed by atoms with van der Waals surface area (Å²) in [5, 5.41) is 12.4. The zero-order valence-electron chi connectivity index (χ0n) is 15.2. The third-order valence-electron chi connectivity index (χ3n) is 5.14. The smallest absolute Gasteiger partial charge is 0.224 e. The Morgan fingerprint density at radius 1 is 1.27 bits per heavy atom. The molecule has 3 atom stereocenters. The standard InChI is InChI=1S/C21H22FN3O/c1-4-19-13(2)21(24-17-8-5-15(12-23)6-9-17)18-11-16(22)7-10-20(18)25(19)14(3)26/h5-11,13,19,21,24H,4H2,1-3H3/t13-,19?,21?/m1/s1. The number of hydrogen-bond donors (Lipinski definition) is 1. The van der Waals surface area contributed by atoms with Crippen molar-refractivity contribution in [1.29, 1.82) is 5.26 Å². The summed E-state index contributed by atoms with van der Waals surface area (Å²) < 4.78 is 14.0. The number of nitrogens with one attached hydrogen (secondary N) is 1. The van der Waals surface area contributed by atoms with Crippen LogP contribution in [0.5, 0.6) is 0 Å². The van der Waals surface area contributed by atoms with Gasteiger partial charge < -0.3 is 10.2 Å². The Morgan fingerprint density at radius 3 is 2.54 bits per heavy atom. The molecule has 0 fully saturated rings. The molecule has 0 aromatic heterocycles. The van der Waals surface area contributed by atoms with Gasteiger partial charge in [0.05, 0.1) is 17.7 Å². The number of nitriles is 1. The van der Waals surface area contributed by atoms with Crippen molar-refractivity contribution in [3.8, 4) is 6.07 Å². The van der Waals surface area contributed by atoms with Gasteiger partial charge in [-0.25, -0.2) is 4.39 Å². The summed E-state index contributed by atoms with van der Waals surface area (Å²) in [5.41, 5.74) is 2.99. The van der Waals surface area contributed by atoms with Gasteiger partial charge in [0.1, 0.15) is 5.82 Å². The number of nitrogens with zero attached hydrogens (tertiary/aromatic N) is 2. The van der Waals surface area contributed by atoms with E-state index in [1.54, 1.807) is 30.0 Å². The zero-order chi connectivity index (χ0) is 18.8. The molecule has 134 valence electrons. The predicted molar refractivity (Wildman–Crippen MR) is 100 cm³/mol. The maximum Gasteiger partial charge on any atom is 0.224 e. The van der Waals surface area contributed by atoms with Crippen molar-refractivity contribution in [2.75, 3.05) is 10.2 Å². The Morgan fingerprint density at radius 2 is 1.96 bits per heavy atom. The summed E-state index contributed by atoms with van der Waals surface area (Å²) in [5.74, 6) is -0.261. The number of hydrogen-bond acceptors (Lipinski definition) is 3. The Labute approximate surface area is 153 Å². The second-order valence-corrected chi connectivity index (χ2v) is 6.74. The molecule has 2 unspecified atom stereocenters. The largest absolute Gasteiger partial charge is 0.378 e. The minimum absolute atomic E-state index is 0.0290. The molecule has 3 rings (SSSR count). The van der Waals surface area contributed by atoms with Gasteiger partial charge in [-0.15, -0.1) is 0 Å². The number of benzene rings is 2. The van der Waals surface area contributed by atoms with Crippen molar-refractivity contribution >= 4 is 17.3 Å². The van der Waals surface area contributed by atoms with E-state index in [4.69, 9.17) is 5.26 Å². The molecule has 5 heteroatoms. The number of rotatable bonds is 3. The van der Waals surface area contributed by atoms with E-state index in [0.29, 0.717) is 5.56 Å². The van der Waals surface area contributed by atoms with E-state index >= 15 is 0 Å². The van der Waals surface area contributed by atoms with Crippen LogP contribution in [0.1, 0.15) is 44.4 Å². The first-order valence-electron chi connectivity index (χ1n) is 8.82. The van der Waals surface area contributed by atoms with Gasteiger partial charge in [0.15, 0.2) is 0 Å². The SMILES string of the molecule is CCC1[C@@H](C)C(Nc2ccc(C#N)cc2)c2cc(F)ccc2N1C(C)=O. The highest BCUT2D eigenvalue weighted by Gasteiger charge is 2.39. The molecule has 26 heavy (non-hydrogen) atoms. The number of anilines is 2. The van der Waals surface area contributed by atoms with Crippen LogP contribution in [0.25, 0.3) is 0 Å². The highest BCUT2D eigenvalue weighted by molar-refractivity contribution is 5.94. The Hall–Kier alpha value is -2.87. The predicted octanol–water partition coefficient (Wildman–Crippen LogP) is 4.63. The molecule has 0 radical (unpaired) electrons. The lowest BCUT2D eigenvalue weighted by Crippen LogP contribution is -2.49. The molecule has 1 aliphatic rings. The molecule has 1 amide bonds. The molecular formula is C21H22FN3O. The summed E-state index contributed by atoms with van der Waals surface area (Å²) in [6.07, 6.45) is 0.809. The van der Waals surface area contributed by atoms with E-state index < -0.39 is 0 Å². The third kappa shape index (κ3) is 3.15. The number of carbonyl (C=O) groups excluding carboxylic acids is 1. The molecule has 0 bridgehead atoms. The first-order valence-corrected chi connectivity index (χ1v) is 8.82. The van der Waals surface area contributed by atoms with Crippen molar-refractivity contribution in [2.24, 2.45) is 5.92 Å². The van der Waals surface area contributed by atoms with Crippen LogP contribution in [0.15, 0.2) is 42.5 Å². The van der Waals surface area contributed by atoms with Crippen LogP contribution in [0.3, 0.4) is 0 Å². The van der Waals surface area contributed by atoms with Gasteiger partial charge in [-0.05, 0) is 48.9 Å². The van der Waals surface area contributed by atoms with E-state index in [0.717, 1.165) is 23.4 Å². The Kier molecular flexibility index (Phi) is 4.94. The van der Waals surface area contributed by atoms with Gasteiger partial charge in [-0.2, -0.15) is 5.26 Å². The monoisotopic (exact) mass is 351 g/mol. The van der Waals surface area contributed by atoms with Gasteiger partial charge in [0, 0.05) is 35.8 Å². The minimum atomic E-state index is -0.318. The van der Waals surface area contributed by atoms with Crippen LogP contribution in [0.2, 0.25) is 0 Å². The Bertz CT molecular complexity index is 857. The highest BCUT2D eigenvalue weighted by Crippen LogP contribution is 2.43. The zero-order valence-corrected chi connectivity index (χ0v) is 15.2. The third-order valence-corrected chi connectivity index (χ3v) is 5.14. The van der Waals surface area contributed by atoms with E-state index in [-0.39, 0.29) is 29.7 Å². The summed E-state index contributed by atoms with van der Waals surface area (Å²) in [6, 6.07) is 13.8. The second-order valence-electron chi connectivity index (χ2n) is 6.74. The number of fused-ring (bicyclic) bond motifs is 1. The van der Waals surface area contributed by atoms with E-state index in [1.165, 1.54) is 12.1 Å². The van der Waals surface area contributed by atoms with Crippen molar-refractivity contribution < 1.29 is 9.18 Å². The van der Waals surface area contributed by atoms with Crippen LogP contribution >= 0.6 is 0 Å². The highest BCUT2D eigenvalue weighted by atomic mass is 19.1. The van der Waals surface area contributed by atoms with Gasteiger partial charge in [-0.1, -0.05) is 13.8 Å². The van der Waals surface area contributed by atoms with E-state index in [9.17, 15) is 9.18 Å². The molecule has 0 aliphatic carbocycles. The lowest BCUT2D eigenvalue weighted by molar-refractivity contribution is -0.117. The fourth-order valence-electron chi connectivity index (χ4n) is 3.90. The second kappa shape index (κ2) is 7.17. The van der Waals surface area contributed by atoms with Gasteiger partial charge >= 0.3 is 0 Å². The molecule has 2 aromatic carbocycles. The molecule has 1 heterocycles. The van der Waals surface area contributed by atoms with Crippen LogP contribution in [0.4, 0.5) is 15.8 Å². The first-order chi connectivity index (χ1) is 12.5. The fraction of sp³-hybridized carbons (Fsp3) is 0.333. The Balaban J connectivity index is 2.05. The van der Waals surface area contributed by atoms with Crippen molar-refractivity contribution in [3.05, 3.63) is 59.4 Å². The topological polar surface area (TPSA) is 56.1 Å². The maximum absolute atomic E-state index is 14.0. The molecule has 0 spiro atoms. The van der Waals surface area contributed by atoms with Gasteiger partial charge in [0.25, 0.3) is 0 Å². The van der Waals surface area contributed by atoms with Crippen LogP contribution in [-0.2, 0) is 4.79 Å². The van der Waals surface area contributed by atoms with Gasteiger partial charge in [-0.3, -0.25) is 4.79 Å². The molecule has 0 saturated heterocycles. The van der Waals surface area contributed by atoms with Crippen molar-refractivity contribution in [1.82, 2.24) is 0 Å². The normalized spacial score (nSPS) is 21.7. The van der Waals surface area contributed by atoms with E-state index in [1.807, 2.05) is 12.1 Å². The van der Waals surface area contributed by atoms with Crippen LogP contribution in [-0.4, -0.2) is 11.9 Å². The van der Waals surface area contributed by atoms with Crippen molar-refractivity contribution in [2.45, 2.75) is 39.3 Å². The number of amides is 1. The summed E-state index contributed by atoms with van der Waals surface area (Å²) >= 11 is 0. The molecule has 4 nitrogen and oxygen atoms in total. The molecular weight excluding hydrogens is 329 g/mol. The van der Waals surface area contributed by atoms with E-state index in [2.05, 4.69) is 25.2 Å². The fourth-order valence-corrected chi connectivity index (χ4v) is 3.90. The lowest BCUT2D eigenvalue weighted by Gasteiger charge is -2.45. The number of carbonyl (C=O) groups is 1. The molecule has 1 aliphatic heterocycles. The molecule has 2 aromatic rings. The average molecular weight is 351 g/mol. The number of halogens is 1. The van der Waals surface area contributed by atoms with Gasteiger partial charge in [0.2, 0.25) is 5.91 Å². The lowest BCUT2D eigenvalue weighted by atomic mass is 9.80. The summed E-state index contributed by atoms with van der Waals surface area (Å²) in [4.78, 5) is 14.1. The molecule has 1 N–H and O–H groups in total.